The van der Waals surface area contributed by atoms with Gasteiger partial charge in [0.05, 0.1) is 12.5 Å². The van der Waals surface area contributed by atoms with E-state index in [-0.39, 0.29) is 24.2 Å². The van der Waals surface area contributed by atoms with Crippen molar-refractivity contribution in [1.82, 2.24) is 5.32 Å². The maximum atomic E-state index is 12.1. The zero-order valence-electron chi connectivity index (χ0n) is 13.2. The topological polar surface area (TPSA) is 78.4 Å². The Balaban J connectivity index is 1.58. The highest BCUT2D eigenvalue weighted by molar-refractivity contribution is 5.94. The van der Waals surface area contributed by atoms with Gasteiger partial charge in [-0.15, -0.1) is 0 Å². The summed E-state index contributed by atoms with van der Waals surface area (Å²) < 4.78 is 0. The third-order valence-electron chi connectivity index (χ3n) is 4.22. The highest BCUT2D eigenvalue weighted by Crippen LogP contribution is 2.31. The molecule has 0 saturated heterocycles. The van der Waals surface area contributed by atoms with Crippen LogP contribution in [0.15, 0.2) is 54.6 Å². The average Bonchev–Trinajstić information content (AvgIpc) is 2.60. The molecular weight excluding hydrogens is 304 g/mol. The van der Waals surface area contributed by atoms with Gasteiger partial charge in [-0.05, 0) is 17.2 Å². The van der Waals surface area contributed by atoms with Gasteiger partial charge in [0.25, 0.3) is 0 Å². The van der Waals surface area contributed by atoms with Gasteiger partial charge in [-0.1, -0.05) is 48.5 Å². The molecule has 2 aromatic carbocycles. The van der Waals surface area contributed by atoms with Crippen molar-refractivity contribution in [2.75, 3.05) is 11.9 Å². The molecule has 24 heavy (non-hydrogen) atoms. The van der Waals surface area contributed by atoms with Gasteiger partial charge in [0.15, 0.2) is 0 Å². The monoisotopic (exact) mass is 324 g/mol. The van der Waals surface area contributed by atoms with Gasteiger partial charge in [-0.3, -0.25) is 9.59 Å². The number of hydrogen-bond donors (Lipinski definition) is 3. The molecule has 0 spiro atoms. The summed E-state index contributed by atoms with van der Waals surface area (Å²) >= 11 is 0. The van der Waals surface area contributed by atoms with Crippen LogP contribution in [0.5, 0.6) is 0 Å². The molecule has 2 aromatic rings. The number of amides is 2. The molecule has 3 N–H and O–H groups in total. The fraction of sp³-hybridized carbons (Fsp3) is 0.263. The lowest BCUT2D eigenvalue weighted by Crippen LogP contribution is -2.33. The van der Waals surface area contributed by atoms with Crippen molar-refractivity contribution in [2.45, 2.75) is 24.9 Å². The number of anilines is 1. The second-order valence-corrected chi connectivity index (χ2v) is 5.97. The molecule has 3 rings (SSSR count). The van der Waals surface area contributed by atoms with Gasteiger partial charge in [0.2, 0.25) is 11.8 Å². The highest BCUT2D eigenvalue weighted by atomic mass is 16.3. The van der Waals surface area contributed by atoms with Crippen molar-refractivity contribution in [3.63, 3.8) is 0 Å². The van der Waals surface area contributed by atoms with E-state index in [0.717, 1.165) is 16.8 Å². The van der Waals surface area contributed by atoms with Crippen LogP contribution in [-0.4, -0.2) is 23.5 Å². The Morgan fingerprint density at radius 1 is 1.17 bits per heavy atom. The first kappa shape index (κ1) is 16.2. The van der Waals surface area contributed by atoms with E-state index in [9.17, 15) is 14.7 Å². The third-order valence-corrected chi connectivity index (χ3v) is 4.22. The molecule has 1 aliphatic heterocycles. The van der Waals surface area contributed by atoms with Crippen molar-refractivity contribution in [2.24, 2.45) is 0 Å². The average molecular weight is 324 g/mol. The van der Waals surface area contributed by atoms with Crippen molar-refractivity contribution in [3.8, 4) is 0 Å². The summed E-state index contributed by atoms with van der Waals surface area (Å²) in [5, 5.41) is 15.8. The molecule has 0 bridgehead atoms. The van der Waals surface area contributed by atoms with Gasteiger partial charge in [0.1, 0.15) is 0 Å². The second kappa shape index (κ2) is 7.27. The summed E-state index contributed by atoms with van der Waals surface area (Å²) in [5.41, 5.74) is 2.55. The Labute approximate surface area is 140 Å². The number of carbonyl (C=O) groups excluding carboxylic acids is 2. The lowest BCUT2D eigenvalue weighted by molar-refractivity contribution is -0.123. The lowest BCUT2D eigenvalue weighted by atomic mass is 9.90. The summed E-state index contributed by atoms with van der Waals surface area (Å²) in [6, 6.07) is 16.7. The number of benzene rings is 2. The number of carbonyl (C=O) groups is 2. The molecule has 5 heteroatoms. The Bertz CT molecular complexity index is 730. The predicted molar refractivity (Wildman–Crippen MR) is 91.5 cm³/mol. The number of aliphatic hydroxyl groups excluding tert-OH is 1. The van der Waals surface area contributed by atoms with Gasteiger partial charge >= 0.3 is 0 Å². The number of aliphatic hydroxyl groups is 1. The van der Waals surface area contributed by atoms with Gasteiger partial charge in [-0.2, -0.15) is 0 Å². The summed E-state index contributed by atoms with van der Waals surface area (Å²) in [6.07, 6.45) is -0.475. The van der Waals surface area contributed by atoms with Crippen LogP contribution in [0, 0.1) is 0 Å². The molecule has 2 unspecified atom stereocenters. The maximum Gasteiger partial charge on any atom is 0.225 e. The maximum absolute atomic E-state index is 12.1. The summed E-state index contributed by atoms with van der Waals surface area (Å²) in [5.74, 6) is -0.320. The molecule has 0 aromatic heterocycles. The van der Waals surface area contributed by atoms with E-state index in [0.29, 0.717) is 13.0 Å². The van der Waals surface area contributed by atoms with Crippen LogP contribution in [0.2, 0.25) is 0 Å². The van der Waals surface area contributed by atoms with E-state index in [1.54, 1.807) is 12.1 Å². The number of rotatable bonds is 5. The Morgan fingerprint density at radius 2 is 1.88 bits per heavy atom. The molecule has 5 nitrogen and oxygen atoms in total. The Kier molecular flexibility index (Phi) is 4.91. The van der Waals surface area contributed by atoms with Crippen molar-refractivity contribution in [1.29, 1.82) is 0 Å². The van der Waals surface area contributed by atoms with Crippen LogP contribution >= 0.6 is 0 Å². The van der Waals surface area contributed by atoms with Crippen molar-refractivity contribution in [3.05, 3.63) is 65.7 Å². The largest absolute Gasteiger partial charge is 0.388 e. The number of fused-ring (bicyclic) bond motifs is 1. The molecule has 1 heterocycles. The minimum atomic E-state index is -0.826. The Morgan fingerprint density at radius 3 is 2.67 bits per heavy atom. The first-order valence-electron chi connectivity index (χ1n) is 8.02. The fourth-order valence-electron chi connectivity index (χ4n) is 2.96. The zero-order chi connectivity index (χ0) is 16.9. The molecule has 0 aliphatic carbocycles. The summed E-state index contributed by atoms with van der Waals surface area (Å²) in [4.78, 5) is 23.9. The van der Waals surface area contributed by atoms with Crippen LogP contribution in [0.1, 0.15) is 36.0 Å². The smallest absolute Gasteiger partial charge is 0.225 e. The first-order chi connectivity index (χ1) is 11.6. The van der Waals surface area contributed by atoms with Crippen LogP contribution in [0.3, 0.4) is 0 Å². The number of nitrogens with one attached hydrogen (secondary N) is 2. The molecule has 0 radical (unpaired) electrons. The van der Waals surface area contributed by atoms with Gasteiger partial charge in [0, 0.05) is 24.6 Å². The van der Waals surface area contributed by atoms with Gasteiger partial charge in [-0.25, -0.2) is 0 Å². The minimum absolute atomic E-state index is 0.00454. The molecule has 1 aliphatic rings. The van der Waals surface area contributed by atoms with Crippen molar-refractivity contribution < 1.29 is 14.7 Å². The molecular formula is C19H20N2O3. The predicted octanol–water partition coefficient (Wildman–Crippen LogP) is 2.35. The van der Waals surface area contributed by atoms with Gasteiger partial charge < -0.3 is 15.7 Å². The van der Waals surface area contributed by atoms with E-state index >= 15 is 0 Å². The first-order valence-corrected chi connectivity index (χ1v) is 8.02. The standard InChI is InChI=1S/C19H20N2O3/c22-17(13-6-2-1-3-7-13)11-18(23)20-12-14-10-19(24)21-16-9-5-4-8-15(14)16/h1-9,14,17,22H,10-12H2,(H,20,23)(H,21,24). The van der Waals surface area contributed by atoms with E-state index < -0.39 is 6.10 Å². The van der Waals surface area contributed by atoms with Crippen LogP contribution < -0.4 is 10.6 Å². The molecule has 0 fully saturated rings. The normalized spacial score (nSPS) is 17.5. The quantitative estimate of drug-likeness (QED) is 0.790. The number of para-hydroxylation sites is 1. The molecule has 124 valence electrons. The highest BCUT2D eigenvalue weighted by Gasteiger charge is 2.25. The Hall–Kier alpha value is -2.66. The van der Waals surface area contributed by atoms with Crippen LogP contribution in [0.4, 0.5) is 5.69 Å². The zero-order valence-corrected chi connectivity index (χ0v) is 13.2. The summed E-state index contributed by atoms with van der Waals surface area (Å²) in [7, 11) is 0. The van der Waals surface area contributed by atoms with Crippen LogP contribution in [0.25, 0.3) is 0 Å². The number of hydrogen-bond acceptors (Lipinski definition) is 3. The van der Waals surface area contributed by atoms with E-state index in [1.807, 2.05) is 42.5 Å². The van der Waals surface area contributed by atoms with E-state index in [1.165, 1.54) is 0 Å². The lowest BCUT2D eigenvalue weighted by Gasteiger charge is -2.25. The fourth-order valence-corrected chi connectivity index (χ4v) is 2.96. The second-order valence-electron chi connectivity index (χ2n) is 5.97. The van der Waals surface area contributed by atoms with E-state index in [4.69, 9.17) is 0 Å². The van der Waals surface area contributed by atoms with Crippen molar-refractivity contribution >= 4 is 17.5 Å². The van der Waals surface area contributed by atoms with Crippen LogP contribution in [-0.2, 0) is 9.59 Å². The SMILES string of the molecule is O=C(CC(O)c1ccccc1)NCC1CC(=O)Nc2ccccc21. The molecule has 2 amide bonds. The summed E-state index contributed by atoms with van der Waals surface area (Å²) in [6.45, 7) is 0.380. The minimum Gasteiger partial charge on any atom is -0.388 e. The molecule has 2 atom stereocenters. The third kappa shape index (κ3) is 3.81. The molecule has 0 saturated carbocycles. The van der Waals surface area contributed by atoms with E-state index in [2.05, 4.69) is 10.6 Å².